The van der Waals surface area contributed by atoms with Gasteiger partial charge in [0.1, 0.15) is 12.2 Å². The van der Waals surface area contributed by atoms with E-state index in [9.17, 15) is 18.0 Å². The molecule has 0 aliphatic rings. The van der Waals surface area contributed by atoms with Crippen molar-refractivity contribution in [3.8, 4) is 5.69 Å². The second-order valence-electron chi connectivity index (χ2n) is 6.69. The lowest BCUT2D eigenvalue weighted by atomic mass is 10.3. The molecule has 8 nitrogen and oxygen atoms in total. The third-order valence-corrected chi connectivity index (χ3v) is 6.53. The largest absolute Gasteiger partial charge is 0.355 e. The molecule has 0 spiro atoms. The average molecular weight is 429 g/mol. The van der Waals surface area contributed by atoms with Crippen LogP contribution in [0.4, 0.5) is 5.69 Å². The molecule has 2 aromatic carbocycles. The zero-order valence-corrected chi connectivity index (χ0v) is 17.9. The molecule has 0 unspecified atom stereocenters. The number of carbonyl (C=O) groups excluding carboxylic acids is 1. The van der Waals surface area contributed by atoms with Crippen LogP contribution in [0.3, 0.4) is 0 Å². The van der Waals surface area contributed by atoms with Crippen LogP contribution in [-0.4, -0.2) is 36.8 Å². The molecule has 0 bridgehead atoms. The van der Waals surface area contributed by atoms with Crippen molar-refractivity contribution >= 4 is 21.6 Å². The first-order valence-corrected chi connectivity index (χ1v) is 10.9. The molecule has 1 aromatic heterocycles. The molecule has 0 fully saturated rings. The SMILES string of the molecule is CCNC(=O)CN(c1c(C)n(C)n(-c2ccccc2)c1=O)S(=O)(=O)c1ccccc1. The monoisotopic (exact) mass is 428 g/mol. The lowest BCUT2D eigenvalue weighted by molar-refractivity contribution is -0.119. The molecule has 1 N–H and O–H groups in total. The fourth-order valence-corrected chi connectivity index (χ4v) is 4.72. The van der Waals surface area contributed by atoms with Crippen LogP contribution < -0.4 is 15.2 Å². The van der Waals surface area contributed by atoms with Gasteiger partial charge >= 0.3 is 0 Å². The Bertz CT molecular complexity index is 1200. The first-order chi connectivity index (χ1) is 14.3. The Balaban J connectivity index is 2.23. The number of hydrogen-bond donors (Lipinski definition) is 1. The van der Waals surface area contributed by atoms with Crippen molar-refractivity contribution in [3.63, 3.8) is 0 Å². The van der Waals surface area contributed by atoms with Gasteiger partial charge in [-0.25, -0.2) is 17.4 Å². The quantitative estimate of drug-likeness (QED) is 0.621. The number of rotatable bonds is 7. The van der Waals surface area contributed by atoms with Gasteiger partial charge in [0, 0.05) is 13.6 Å². The summed E-state index contributed by atoms with van der Waals surface area (Å²) in [4.78, 5) is 25.7. The molecule has 0 saturated heterocycles. The van der Waals surface area contributed by atoms with E-state index < -0.39 is 28.0 Å². The number of benzene rings is 2. The number of nitrogens with zero attached hydrogens (tertiary/aromatic N) is 3. The third-order valence-electron chi connectivity index (χ3n) is 4.77. The Morgan fingerprint density at radius 2 is 1.60 bits per heavy atom. The second-order valence-corrected chi connectivity index (χ2v) is 8.55. The Morgan fingerprint density at radius 3 is 2.17 bits per heavy atom. The van der Waals surface area contributed by atoms with E-state index in [2.05, 4.69) is 5.32 Å². The van der Waals surface area contributed by atoms with E-state index in [0.717, 1.165) is 4.31 Å². The second kappa shape index (κ2) is 8.58. The highest BCUT2D eigenvalue weighted by Crippen LogP contribution is 2.25. The fraction of sp³-hybridized carbons (Fsp3) is 0.238. The summed E-state index contributed by atoms with van der Waals surface area (Å²) < 4.78 is 30.7. The van der Waals surface area contributed by atoms with Gasteiger partial charge in [0.2, 0.25) is 5.91 Å². The minimum absolute atomic E-state index is 0.00297. The summed E-state index contributed by atoms with van der Waals surface area (Å²) in [6.45, 7) is 3.24. The Morgan fingerprint density at radius 1 is 1.03 bits per heavy atom. The number of hydrogen-bond acceptors (Lipinski definition) is 4. The van der Waals surface area contributed by atoms with Crippen LogP contribution in [-0.2, 0) is 21.9 Å². The van der Waals surface area contributed by atoms with Gasteiger partial charge in [-0.2, -0.15) is 0 Å². The summed E-state index contributed by atoms with van der Waals surface area (Å²) in [5.41, 5.74) is 0.434. The van der Waals surface area contributed by atoms with E-state index >= 15 is 0 Å². The summed E-state index contributed by atoms with van der Waals surface area (Å²) >= 11 is 0. The molecule has 0 aliphatic carbocycles. The van der Waals surface area contributed by atoms with E-state index in [1.54, 1.807) is 68.0 Å². The van der Waals surface area contributed by atoms with Gasteiger partial charge in [-0.1, -0.05) is 36.4 Å². The van der Waals surface area contributed by atoms with Crippen molar-refractivity contribution in [1.29, 1.82) is 0 Å². The highest BCUT2D eigenvalue weighted by atomic mass is 32.2. The molecule has 3 rings (SSSR count). The van der Waals surface area contributed by atoms with Gasteiger partial charge in [0.15, 0.2) is 0 Å². The number of para-hydroxylation sites is 1. The summed E-state index contributed by atoms with van der Waals surface area (Å²) in [6, 6.07) is 16.7. The number of carbonyl (C=O) groups is 1. The lowest BCUT2D eigenvalue weighted by Crippen LogP contribution is -2.43. The minimum Gasteiger partial charge on any atom is -0.355 e. The summed E-state index contributed by atoms with van der Waals surface area (Å²) in [7, 11) is -2.48. The summed E-state index contributed by atoms with van der Waals surface area (Å²) in [6.07, 6.45) is 0. The number of aromatic nitrogens is 2. The van der Waals surface area contributed by atoms with Crippen LogP contribution in [0.25, 0.3) is 5.69 Å². The first-order valence-electron chi connectivity index (χ1n) is 9.47. The van der Waals surface area contributed by atoms with Crippen molar-refractivity contribution in [1.82, 2.24) is 14.7 Å². The van der Waals surface area contributed by atoms with Crippen LogP contribution in [0, 0.1) is 6.92 Å². The minimum atomic E-state index is -4.15. The molecule has 0 aliphatic heterocycles. The molecule has 0 radical (unpaired) electrons. The normalized spacial score (nSPS) is 11.3. The van der Waals surface area contributed by atoms with Crippen LogP contribution in [0.15, 0.2) is 70.4 Å². The Hall–Kier alpha value is -3.33. The standard InChI is InChI=1S/C21H24N4O4S/c1-4-22-19(26)15-24(30(28,29)18-13-9-6-10-14-18)20-16(2)23(3)25(21(20)27)17-11-7-5-8-12-17/h5-14H,4,15H2,1-3H3,(H,22,26). The maximum atomic E-state index is 13.4. The van der Waals surface area contributed by atoms with Crippen LogP contribution in [0.5, 0.6) is 0 Å². The number of likely N-dealkylation sites (N-methyl/N-ethyl adjacent to an activating group) is 1. The maximum Gasteiger partial charge on any atom is 0.296 e. The predicted molar refractivity (Wildman–Crippen MR) is 115 cm³/mol. The van der Waals surface area contributed by atoms with Gasteiger partial charge in [-0.15, -0.1) is 0 Å². The van der Waals surface area contributed by atoms with Crippen molar-refractivity contribution in [2.75, 3.05) is 17.4 Å². The molecule has 1 amide bonds. The third kappa shape index (κ3) is 3.88. The smallest absolute Gasteiger partial charge is 0.296 e. The van der Waals surface area contributed by atoms with Gasteiger partial charge in [-0.3, -0.25) is 14.3 Å². The summed E-state index contributed by atoms with van der Waals surface area (Å²) in [5.74, 6) is -0.495. The highest BCUT2D eigenvalue weighted by molar-refractivity contribution is 7.92. The number of amides is 1. The van der Waals surface area contributed by atoms with Gasteiger partial charge in [0.05, 0.1) is 16.3 Å². The van der Waals surface area contributed by atoms with Gasteiger partial charge < -0.3 is 5.32 Å². The number of sulfonamides is 1. The van der Waals surface area contributed by atoms with E-state index in [1.165, 1.54) is 16.8 Å². The topological polar surface area (TPSA) is 93.4 Å². The molecule has 9 heteroatoms. The van der Waals surface area contributed by atoms with Crippen molar-refractivity contribution in [2.24, 2.45) is 7.05 Å². The maximum absolute atomic E-state index is 13.4. The fourth-order valence-electron chi connectivity index (χ4n) is 3.23. The van der Waals surface area contributed by atoms with Gasteiger partial charge in [0.25, 0.3) is 15.6 Å². The molecular weight excluding hydrogens is 404 g/mol. The van der Waals surface area contributed by atoms with Crippen molar-refractivity contribution in [2.45, 2.75) is 18.7 Å². The molecule has 3 aromatic rings. The van der Waals surface area contributed by atoms with Crippen molar-refractivity contribution < 1.29 is 13.2 Å². The van der Waals surface area contributed by atoms with Gasteiger partial charge in [-0.05, 0) is 38.1 Å². The lowest BCUT2D eigenvalue weighted by Gasteiger charge is -2.22. The molecule has 30 heavy (non-hydrogen) atoms. The van der Waals surface area contributed by atoms with Crippen LogP contribution >= 0.6 is 0 Å². The Labute approximate surface area is 175 Å². The first kappa shape index (κ1) is 21.4. The van der Waals surface area contributed by atoms with Crippen LogP contribution in [0.1, 0.15) is 12.6 Å². The summed E-state index contributed by atoms with van der Waals surface area (Å²) in [5, 5.41) is 2.60. The van der Waals surface area contributed by atoms with E-state index in [4.69, 9.17) is 0 Å². The molecule has 0 saturated carbocycles. The van der Waals surface area contributed by atoms with E-state index in [1.807, 2.05) is 6.07 Å². The highest BCUT2D eigenvalue weighted by Gasteiger charge is 2.33. The number of nitrogens with one attached hydrogen (secondary N) is 1. The number of anilines is 1. The predicted octanol–water partition coefficient (Wildman–Crippen LogP) is 1.82. The van der Waals surface area contributed by atoms with Crippen LogP contribution in [0.2, 0.25) is 0 Å². The molecule has 1 heterocycles. The zero-order valence-electron chi connectivity index (χ0n) is 17.1. The van der Waals surface area contributed by atoms with E-state index in [0.29, 0.717) is 17.9 Å². The molecule has 158 valence electrons. The molecular formula is C21H24N4O4S. The van der Waals surface area contributed by atoms with E-state index in [-0.39, 0.29) is 10.6 Å². The average Bonchev–Trinajstić information content (AvgIpc) is 2.96. The van der Waals surface area contributed by atoms with Crippen molar-refractivity contribution in [3.05, 3.63) is 76.7 Å². The zero-order chi connectivity index (χ0) is 21.9. The molecule has 0 atom stereocenters. The Kier molecular flexibility index (Phi) is 6.12.